The SMILES string of the molecule is C\C=C1/C(=N\C(Cl)=C(/C)CC)N(c2ccc(F)cc2)C(CC)C(=O)N1C. The van der Waals surface area contributed by atoms with Gasteiger partial charge in [-0.15, -0.1) is 0 Å². The number of anilines is 1. The van der Waals surface area contributed by atoms with Crippen molar-refractivity contribution in [1.82, 2.24) is 4.90 Å². The molecule has 1 heterocycles. The zero-order chi connectivity index (χ0) is 19.4. The number of nitrogens with zero attached hydrogens (tertiary/aromatic N) is 3. The molecule has 26 heavy (non-hydrogen) atoms. The van der Waals surface area contributed by atoms with E-state index in [2.05, 4.69) is 4.99 Å². The molecule has 1 aliphatic heterocycles. The molecule has 0 aliphatic carbocycles. The van der Waals surface area contributed by atoms with Gasteiger partial charge in [0.05, 0.1) is 5.70 Å². The van der Waals surface area contributed by atoms with Crippen LogP contribution in [0.2, 0.25) is 0 Å². The lowest BCUT2D eigenvalue weighted by Crippen LogP contribution is -2.57. The van der Waals surface area contributed by atoms with Gasteiger partial charge in [0, 0.05) is 12.7 Å². The summed E-state index contributed by atoms with van der Waals surface area (Å²) in [5.74, 6) is 0.230. The van der Waals surface area contributed by atoms with Gasteiger partial charge < -0.3 is 9.80 Å². The van der Waals surface area contributed by atoms with E-state index in [0.29, 0.717) is 28.8 Å². The van der Waals surface area contributed by atoms with Crippen LogP contribution < -0.4 is 4.90 Å². The zero-order valence-electron chi connectivity index (χ0n) is 15.9. The van der Waals surface area contributed by atoms with Gasteiger partial charge in [-0.3, -0.25) is 4.79 Å². The van der Waals surface area contributed by atoms with Crippen LogP contribution in [0.4, 0.5) is 10.1 Å². The number of amidine groups is 1. The number of hydrogen-bond donors (Lipinski definition) is 0. The lowest BCUT2D eigenvalue weighted by molar-refractivity contribution is -0.129. The predicted molar refractivity (Wildman–Crippen MR) is 106 cm³/mol. The monoisotopic (exact) mass is 377 g/mol. The van der Waals surface area contributed by atoms with Crippen LogP contribution in [-0.2, 0) is 4.79 Å². The molecule has 2 rings (SSSR count). The normalized spacial score (nSPS) is 22.3. The first kappa shape index (κ1) is 20.2. The van der Waals surface area contributed by atoms with Gasteiger partial charge in [0.25, 0.3) is 0 Å². The van der Waals surface area contributed by atoms with E-state index in [1.807, 2.05) is 38.7 Å². The lowest BCUT2D eigenvalue weighted by atomic mass is 10.0. The third-order valence-electron chi connectivity index (χ3n) is 4.60. The van der Waals surface area contributed by atoms with Crippen molar-refractivity contribution in [3.8, 4) is 0 Å². The minimum atomic E-state index is -0.431. The molecule has 0 aromatic heterocycles. The van der Waals surface area contributed by atoms with Crippen LogP contribution in [0.25, 0.3) is 0 Å². The Hall–Kier alpha value is -2.14. The van der Waals surface area contributed by atoms with E-state index in [1.54, 1.807) is 24.1 Å². The Bertz CT molecular complexity index is 768. The van der Waals surface area contributed by atoms with Crippen molar-refractivity contribution in [2.24, 2.45) is 4.99 Å². The molecule has 0 spiro atoms. The average molecular weight is 378 g/mol. The van der Waals surface area contributed by atoms with Gasteiger partial charge in [-0.25, -0.2) is 9.38 Å². The van der Waals surface area contributed by atoms with Crippen molar-refractivity contribution in [3.63, 3.8) is 0 Å². The van der Waals surface area contributed by atoms with Gasteiger partial charge in [-0.1, -0.05) is 31.5 Å². The van der Waals surface area contributed by atoms with Gasteiger partial charge in [0.1, 0.15) is 17.0 Å². The van der Waals surface area contributed by atoms with E-state index in [0.717, 1.165) is 12.0 Å². The fraction of sp³-hybridized carbons (Fsp3) is 0.400. The highest BCUT2D eigenvalue weighted by Crippen LogP contribution is 2.30. The van der Waals surface area contributed by atoms with E-state index < -0.39 is 6.04 Å². The van der Waals surface area contributed by atoms with Crippen LogP contribution in [0.1, 0.15) is 40.5 Å². The van der Waals surface area contributed by atoms with Crippen LogP contribution in [-0.4, -0.2) is 29.7 Å². The number of amides is 1. The van der Waals surface area contributed by atoms with Crippen molar-refractivity contribution in [2.75, 3.05) is 11.9 Å². The van der Waals surface area contributed by atoms with E-state index in [1.165, 1.54) is 12.1 Å². The Balaban J connectivity index is 2.71. The van der Waals surface area contributed by atoms with Crippen LogP contribution in [0.5, 0.6) is 0 Å². The quantitative estimate of drug-likeness (QED) is 0.687. The third kappa shape index (κ3) is 3.83. The topological polar surface area (TPSA) is 35.9 Å². The molecule has 1 aliphatic rings. The fourth-order valence-corrected chi connectivity index (χ4v) is 3.12. The van der Waals surface area contributed by atoms with E-state index in [4.69, 9.17) is 11.6 Å². The minimum Gasteiger partial charge on any atom is -0.312 e. The van der Waals surface area contributed by atoms with Gasteiger partial charge >= 0.3 is 0 Å². The van der Waals surface area contributed by atoms with Crippen molar-refractivity contribution < 1.29 is 9.18 Å². The number of hydrogen-bond acceptors (Lipinski definition) is 2. The standard InChI is InChI=1S/C20H25ClFN3O/c1-6-13(4)18(21)23-19-16(7-2)24(5)20(26)17(8-3)25(19)15-11-9-14(22)10-12-15/h7,9-12,17H,6,8H2,1-5H3/b16-7+,18-13+,23-19+. The summed E-state index contributed by atoms with van der Waals surface area (Å²) in [6.07, 6.45) is 3.21. The van der Waals surface area contributed by atoms with E-state index in [-0.39, 0.29) is 11.7 Å². The Kier molecular flexibility index (Phi) is 6.59. The molecule has 1 fully saturated rings. The molecule has 1 aromatic rings. The number of rotatable bonds is 4. The second-order valence-electron chi connectivity index (χ2n) is 6.20. The van der Waals surface area contributed by atoms with Crippen molar-refractivity contribution in [2.45, 2.75) is 46.6 Å². The number of carbonyl (C=O) groups excluding carboxylic acids is 1. The minimum absolute atomic E-state index is 0.0313. The lowest BCUT2D eigenvalue weighted by Gasteiger charge is -2.42. The van der Waals surface area contributed by atoms with Gasteiger partial charge in [0.15, 0.2) is 5.84 Å². The third-order valence-corrected chi connectivity index (χ3v) is 5.00. The van der Waals surface area contributed by atoms with Gasteiger partial charge in [0.2, 0.25) is 5.91 Å². The molecule has 1 saturated heterocycles. The summed E-state index contributed by atoms with van der Waals surface area (Å²) in [5.41, 5.74) is 2.34. The highest BCUT2D eigenvalue weighted by atomic mass is 35.5. The van der Waals surface area contributed by atoms with Crippen molar-refractivity contribution in [1.29, 1.82) is 0 Å². The number of carbonyl (C=O) groups is 1. The maximum Gasteiger partial charge on any atom is 0.249 e. The van der Waals surface area contributed by atoms with Crippen LogP contribution in [0.3, 0.4) is 0 Å². The van der Waals surface area contributed by atoms with Crippen molar-refractivity contribution in [3.05, 3.63) is 52.6 Å². The molecule has 1 amide bonds. The van der Waals surface area contributed by atoms with Crippen LogP contribution in [0.15, 0.2) is 51.8 Å². The van der Waals surface area contributed by atoms with E-state index >= 15 is 0 Å². The molecular formula is C20H25ClFN3O. The summed E-state index contributed by atoms with van der Waals surface area (Å²) in [6.45, 7) is 7.74. The Morgan fingerprint density at radius 2 is 1.92 bits per heavy atom. The highest BCUT2D eigenvalue weighted by molar-refractivity contribution is 6.31. The number of benzene rings is 1. The second-order valence-corrected chi connectivity index (χ2v) is 6.56. The molecule has 0 radical (unpaired) electrons. The van der Waals surface area contributed by atoms with Crippen LogP contribution in [0, 0.1) is 5.82 Å². The molecule has 1 atom stereocenters. The number of halogens is 2. The zero-order valence-corrected chi connectivity index (χ0v) is 16.6. The molecule has 0 N–H and O–H groups in total. The summed E-state index contributed by atoms with van der Waals surface area (Å²) in [7, 11) is 1.74. The van der Waals surface area contributed by atoms with E-state index in [9.17, 15) is 9.18 Å². The fourth-order valence-electron chi connectivity index (χ4n) is 2.90. The molecule has 140 valence electrons. The van der Waals surface area contributed by atoms with Crippen molar-refractivity contribution >= 4 is 29.0 Å². The van der Waals surface area contributed by atoms with Gasteiger partial charge in [-0.2, -0.15) is 0 Å². The first-order chi connectivity index (χ1) is 12.3. The summed E-state index contributed by atoms with van der Waals surface area (Å²) < 4.78 is 13.4. The average Bonchev–Trinajstić information content (AvgIpc) is 2.64. The first-order valence-electron chi connectivity index (χ1n) is 8.78. The number of aliphatic imine (C=N–C) groups is 1. The highest BCUT2D eigenvalue weighted by Gasteiger charge is 2.39. The smallest absolute Gasteiger partial charge is 0.249 e. The summed E-state index contributed by atoms with van der Waals surface area (Å²) in [4.78, 5) is 21.0. The summed E-state index contributed by atoms with van der Waals surface area (Å²) >= 11 is 6.41. The maximum atomic E-state index is 13.4. The molecular weight excluding hydrogens is 353 g/mol. The summed E-state index contributed by atoms with van der Waals surface area (Å²) in [6, 6.07) is 5.64. The van der Waals surface area contributed by atoms with Crippen LogP contribution >= 0.6 is 11.6 Å². The summed E-state index contributed by atoms with van der Waals surface area (Å²) in [5, 5.41) is 0.409. The number of allylic oxidation sites excluding steroid dienone is 2. The molecule has 0 saturated carbocycles. The Morgan fingerprint density at radius 3 is 2.42 bits per heavy atom. The first-order valence-corrected chi connectivity index (χ1v) is 9.16. The Morgan fingerprint density at radius 1 is 1.31 bits per heavy atom. The number of likely N-dealkylation sites (N-methyl/N-ethyl adjacent to an activating group) is 1. The molecule has 4 nitrogen and oxygen atoms in total. The largest absolute Gasteiger partial charge is 0.312 e. The number of piperazine rings is 1. The molecule has 6 heteroatoms. The molecule has 0 bridgehead atoms. The molecule has 1 unspecified atom stereocenters. The maximum absolute atomic E-state index is 13.4. The predicted octanol–water partition coefficient (Wildman–Crippen LogP) is 5.07. The second kappa shape index (κ2) is 8.49. The Labute approximate surface area is 159 Å². The van der Waals surface area contributed by atoms with Gasteiger partial charge in [-0.05, 0) is 56.5 Å². The molecule has 1 aromatic carbocycles.